The van der Waals surface area contributed by atoms with Crippen molar-refractivity contribution in [2.45, 2.75) is 45.8 Å². The molecule has 0 saturated carbocycles. The molecule has 0 spiro atoms. The highest BCUT2D eigenvalue weighted by molar-refractivity contribution is 5.13. The maximum atomic E-state index is 5.71. The molecule has 0 saturated heterocycles. The standard InChI is InChI=1S/C18H28O2/c1-16(9-8-13-18(2,3)19-4)12-14-20-15-17-10-6-5-7-11-17/h5-8,10-11,13,16H,9,12,14-15H2,1-4H3/b13-8+/t16-/m0/s1. The Hall–Kier alpha value is -1.12. The number of benzene rings is 1. The van der Waals surface area contributed by atoms with Crippen molar-refractivity contribution in [3.8, 4) is 0 Å². The van der Waals surface area contributed by atoms with Gasteiger partial charge < -0.3 is 9.47 Å². The van der Waals surface area contributed by atoms with Gasteiger partial charge in [-0.3, -0.25) is 0 Å². The van der Waals surface area contributed by atoms with E-state index in [0.29, 0.717) is 12.5 Å². The molecule has 112 valence electrons. The Balaban J connectivity index is 2.13. The molecule has 0 aromatic heterocycles. The van der Waals surface area contributed by atoms with Crippen LogP contribution in [-0.4, -0.2) is 19.3 Å². The Morgan fingerprint density at radius 2 is 1.90 bits per heavy atom. The summed E-state index contributed by atoms with van der Waals surface area (Å²) >= 11 is 0. The van der Waals surface area contributed by atoms with Gasteiger partial charge in [0.15, 0.2) is 0 Å². The van der Waals surface area contributed by atoms with Gasteiger partial charge >= 0.3 is 0 Å². The summed E-state index contributed by atoms with van der Waals surface area (Å²) in [4.78, 5) is 0. The van der Waals surface area contributed by atoms with E-state index in [1.807, 2.05) is 18.2 Å². The van der Waals surface area contributed by atoms with Gasteiger partial charge in [-0.1, -0.05) is 49.4 Å². The molecule has 1 aromatic rings. The van der Waals surface area contributed by atoms with E-state index in [9.17, 15) is 0 Å². The summed E-state index contributed by atoms with van der Waals surface area (Å²) in [5.41, 5.74) is 1.07. The average molecular weight is 276 g/mol. The maximum Gasteiger partial charge on any atom is 0.0802 e. The van der Waals surface area contributed by atoms with E-state index >= 15 is 0 Å². The largest absolute Gasteiger partial charge is 0.377 e. The van der Waals surface area contributed by atoms with Crippen LogP contribution >= 0.6 is 0 Å². The summed E-state index contributed by atoms with van der Waals surface area (Å²) < 4.78 is 11.1. The third-order valence-corrected chi connectivity index (χ3v) is 3.45. The van der Waals surface area contributed by atoms with E-state index < -0.39 is 0 Å². The highest BCUT2D eigenvalue weighted by Gasteiger charge is 2.10. The van der Waals surface area contributed by atoms with Crippen molar-refractivity contribution in [2.24, 2.45) is 5.92 Å². The number of hydrogen-bond acceptors (Lipinski definition) is 2. The van der Waals surface area contributed by atoms with Crippen LogP contribution in [0.2, 0.25) is 0 Å². The molecule has 0 unspecified atom stereocenters. The van der Waals surface area contributed by atoms with Crippen molar-refractivity contribution in [3.63, 3.8) is 0 Å². The van der Waals surface area contributed by atoms with Gasteiger partial charge in [-0.25, -0.2) is 0 Å². The Labute approximate surface area is 123 Å². The summed E-state index contributed by atoms with van der Waals surface area (Å²) in [7, 11) is 1.74. The average Bonchev–Trinajstić information content (AvgIpc) is 2.44. The molecule has 0 fully saturated rings. The highest BCUT2D eigenvalue weighted by Crippen LogP contribution is 2.13. The van der Waals surface area contributed by atoms with Crippen molar-refractivity contribution < 1.29 is 9.47 Å². The lowest BCUT2D eigenvalue weighted by atomic mass is 10.0. The molecule has 0 amide bonds. The predicted molar refractivity (Wildman–Crippen MR) is 84.7 cm³/mol. The molecule has 20 heavy (non-hydrogen) atoms. The second-order valence-corrected chi connectivity index (χ2v) is 5.88. The minimum Gasteiger partial charge on any atom is -0.377 e. The molecular formula is C18H28O2. The number of rotatable bonds is 9. The molecule has 2 nitrogen and oxygen atoms in total. The lowest BCUT2D eigenvalue weighted by Gasteiger charge is -2.18. The van der Waals surface area contributed by atoms with Gasteiger partial charge in [0.25, 0.3) is 0 Å². The summed E-state index contributed by atoms with van der Waals surface area (Å²) in [6, 6.07) is 10.3. The van der Waals surface area contributed by atoms with Gasteiger partial charge in [0, 0.05) is 13.7 Å². The predicted octanol–water partition coefficient (Wildman–Crippen LogP) is 4.60. The summed E-state index contributed by atoms with van der Waals surface area (Å²) in [6.07, 6.45) is 6.51. The van der Waals surface area contributed by atoms with Crippen LogP contribution in [0.4, 0.5) is 0 Å². The van der Waals surface area contributed by atoms with E-state index in [2.05, 4.69) is 45.1 Å². The normalized spacial score (nSPS) is 13.8. The topological polar surface area (TPSA) is 18.5 Å². The summed E-state index contributed by atoms with van der Waals surface area (Å²) in [5, 5.41) is 0. The van der Waals surface area contributed by atoms with Gasteiger partial charge in [0.05, 0.1) is 12.2 Å². The van der Waals surface area contributed by atoms with Crippen molar-refractivity contribution >= 4 is 0 Å². The van der Waals surface area contributed by atoms with Crippen LogP contribution in [-0.2, 0) is 16.1 Å². The molecule has 0 radical (unpaired) electrons. The number of hydrogen-bond donors (Lipinski definition) is 0. The smallest absolute Gasteiger partial charge is 0.0802 e. The van der Waals surface area contributed by atoms with Crippen molar-refractivity contribution in [2.75, 3.05) is 13.7 Å². The first-order valence-corrected chi connectivity index (χ1v) is 7.38. The lowest BCUT2D eigenvalue weighted by molar-refractivity contribution is 0.0652. The second kappa shape index (κ2) is 8.93. The molecule has 1 rings (SSSR count). The first-order chi connectivity index (χ1) is 9.53. The molecule has 0 heterocycles. The monoisotopic (exact) mass is 276 g/mol. The lowest BCUT2D eigenvalue weighted by Crippen LogP contribution is -2.18. The van der Waals surface area contributed by atoms with Crippen LogP contribution < -0.4 is 0 Å². The third kappa shape index (κ3) is 7.46. The van der Waals surface area contributed by atoms with E-state index in [1.165, 1.54) is 5.56 Å². The zero-order valence-corrected chi connectivity index (χ0v) is 13.3. The Bertz CT molecular complexity index is 382. The van der Waals surface area contributed by atoms with Gasteiger partial charge in [-0.2, -0.15) is 0 Å². The molecule has 0 bridgehead atoms. The SMILES string of the molecule is COC(C)(C)/C=C/C[C@H](C)CCOCc1ccccc1. The van der Waals surface area contributed by atoms with Gasteiger partial charge in [0.1, 0.15) is 0 Å². The van der Waals surface area contributed by atoms with Crippen molar-refractivity contribution in [1.82, 2.24) is 0 Å². The molecule has 1 aromatic carbocycles. The molecule has 0 N–H and O–H groups in total. The molecule has 1 atom stereocenters. The number of methoxy groups -OCH3 is 1. The molecule has 2 heteroatoms. The van der Waals surface area contributed by atoms with E-state index in [0.717, 1.165) is 19.4 Å². The zero-order valence-electron chi connectivity index (χ0n) is 13.3. The first-order valence-electron chi connectivity index (χ1n) is 7.38. The van der Waals surface area contributed by atoms with Crippen LogP contribution in [0.3, 0.4) is 0 Å². The fraction of sp³-hybridized carbons (Fsp3) is 0.556. The third-order valence-electron chi connectivity index (χ3n) is 3.45. The molecule has 0 aliphatic heterocycles. The van der Waals surface area contributed by atoms with E-state index in [4.69, 9.17) is 9.47 Å². The van der Waals surface area contributed by atoms with Crippen LogP contribution in [0, 0.1) is 5.92 Å². The van der Waals surface area contributed by atoms with Crippen LogP contribution in [0.15, 0.2) is 42.5 Å². The van der Waals surface area contributed by atoms with Crippen molar-refractivity contribution in [3.05, 3.63) is 48.0 Å². The van der Waals surface area contributed by atoms with Crippen LogP contribution in [0.5, 0.6) is 0 Å². The summed E-state index contributed by atoms with van der Waals surface area (Å²) in [6.45, 7) is 7.92. The highest BCUT2D eigenvalue weighted by atomic mass is 16.5. The number of allylic oxidation sites excluding steroid dienone is 1. The van der Waals surface area contributed by atoms with Gasteiger partial charge in [0.2, 0.25) is 0 Å². The van der Waals surface area contributed by atoms with E-state index in [1.54, 1.807) is 7.11 Å². The fourth-order valence-corrected chi connectivity index (χ4v) is 1.82. The summed E-state index contributed by atoms with van der Waals surface area (Å²) in [5.74, 6) is 0.634. The Morgan fingerprint density at radius 1 is 1.20 bits per heavy atom. The van der Waals surface area contributed by atoms with Crippen molar-refractivity contribution in [1.29, 1.82) is 0 Å². The Kier molecular flexibility index (Phi) is 7.56. The minimum atomic E-state index is -0.163. The van der Waals surface area contributed by atoms with Gasteiger partial charge in [-0.05, 0) is 38.2 Å². The number of ether oxygens (including phenoxy) is 2. The fourth-order valence-electron chi connectivity index (χ4n) is 1.82. The van der Waals surface area contributed by atoms with Crippen LogP contribution in [0.1, 0.15) is 39.2 Å². The second-order valence-electron chi connectivity index (χ2n) is 5.88. The zero-order chi connectivity index (χ0) is 14.8. The maximum absolute atomic E-state index is 5.71. The first kappa shape index (κ1) is 16.9. The Morgan fingerprint density at radius 3 is 2.55 bits per heavy atom. The minimum absolute atomic E-state index is 0.163. The quantitative estimate of drug-likeness (QED) is 0.485. The molecule has 0 aliphatic carbocycles. The molecule has 0 aliphatic rings. The van der Waals surface area contributed by atoms with Crippen LogP contribution in [0.25, 0.3) is 0 Å². The van der Waals surface area contributed by atoms with E-state index in [-0.39, 0.29) is 5.60 Å². The van der Waals surface area contributed by atoms with Gasteiger partial charge in [-0.15, -0.1) is 0 Å². The molecular weight excluding hydrogens is 248 g/mol.